The SMILES string of the molecule is CC(=O)/C=C/C1(C)C(O)CCCC1(C)C.CCOC(=O)/C=C(C)/C=C/C1=C(C)CCCC1(C)C. The fourth-order valence-corrected chi connectivity index (χ4v) is 5.03. The summed E-state index contributed by atoms with van der Waals surface area (Å²) < 4.78 is 4.91. The Morgan fingerprint density at radius 3 is 2.24 bits per heavy atom. The summed E-state index contributed by atoms with van der Waals surface area (Å²) in [6.07, 6.45) is 15.6. The molecule has 34 heavy (non-hydrogen) atoms. The number of allylic oxidation sites excluding steroid dienone is 6. The molecule has 1 saturated carbocycles. The number of hydrogen-bond donors (Lipinski definition) is 1. The van der Waals surface area contributed by atoms with Gasteiger partial charge >= 0.3 is 5.97 Å². The summed E-state index contributed by atoms with van der Waals surface area (Å²) in [5, 5.41) is 10.1. The Balaban J connectivity index is 0.000000350. The second kappa shape index (κ2) is 12.7. The normalized spacial score (nSPS) is 26.9. The van der Waals surface area contributed by atoms with Crippen LogP contribution in [0.2, 0.25) is 0 Å². The van der Waals surface area contributed by atoms with E-state index >= 15 is 0 Å². The van der Waals surface area contributed by atoms with Crippen molar-refractivity contribution < 1.29 is 19.4 Å². The van der Waals surface area contributed by atoms with E-state index < -0.39 is 0 Å². The highest BCUT2D eigenvalue weighted by molar-refractivity contribution is 5.87. The molecular weight excluding hydrogens is 424 g/mol. The molecule has 0 saturated heterocycles. The highest BCUT2D eigenvalue weighted by Gasteiger charge is 2.46. The summed E-state index contributed by atoms with van der Waals surface area (Å²) in [5.41, 5.74) is 3.82. The number of aliphatic hydroxyl groups is 1. The number of esters is 1. The van der Waals surface area contributed by atoms with Crippen LogP contribution < -0.4 is 0 Å². The fraction of sp³-hybridized carbons (Fsp3) is 0.667. The first kappa shape index (κ1) is 30.1. The third-order valence-corrected chi connectivity index (χ3v) is 7.78. The van der Waals surface area contributed by atoms with Gasteiger partial charge in [0.2, 0.25) is 0 Å². The zero-order valence-corrected chi connectivity index (χ0v) is 23.1. The lowest BCUT2D eigenvalue weighted by atomic mass is 9.57. The molecule has 4 heteroatoms. The van der Waals surface area contributed by atoms with Crippen LogP contribution in [0.25, 0.3) is 0 Å². The van der Waals surface area contributed by atoms with Gasteiger partial charge < -0.3 is 9.84 Å². The van der Waals surface area contributed by atoms with Crippen LogP contribution in [0.4, 0.5) is 0 Å². The molecule has 2 aliphatic rings. The molecular formula is C30H48O4. The maximum Gasteiger partial charge on any atom is 0.330 e. The molecule has 0 radical (unpaired) electrons. The van der Waals surface area contributed by atoms with E-state index in [1.807, 2.05) is 26.0 Å². The molecule has 2 rings (SSSR count). The summed E-state index contributed by atoms with van der Waals surface area (Å²) >= 11 is 0. The topological polar surface area (TPSA) is 63.6 Å². The van der Waals surface area contributed by atoms with Crippen LogP contribution in [0.1, 0.15) is 101 Å². The number of hydrogen-bond acceptors (Lipinski definition) is 4. The van der Waals surface area contributed by atoms with Crippen LogP contribution >= 0.6 is 0 Å². The zero-order valence-electron chi connectivity index (χ0n) is 23.1. The van der Waals surface area contributed by atoms with E-state index in [0.29, 0.717) is 6.61 Å². The summed E-state index contributed by atoms with van der Waals surface area (Å²) in [4.78, 5) is 22.3. The highest BCUT2D eigenvalue weighted by Crippen LogP contribution is 2.51. The molecule has 0 aromatic carbocycles. The maximum atomic E-state index is 11.4. The van der Waals surface area contributed by atoms with Crippen LogP contribution in [0.15, 0.2) is 47.1 Å². The van der Waals surface area contributed by atoms with Gasteiger partial charge in [0.1, 0.15) is 0 Å². The molecule has 0 spiro atoms. The van der Waals surface area contributed by atoms with Crippen molar-refractivity contribution in [3.8, 4) is 0 Å². The first-order chi connectivity index (χ1) is 15.7. The van der Waals surface area contributed by atoms with E-state index in [2.05, 4.69) is 47.6 Å². The minimum absolute atomic E-state index is 0.0461. The van der Waals surface area contributed by atoms with Crippen molar-refractivity contribution in [3.05, 3.63) is 47.1 Å². The van der Waals surface area contributed by atoms with Gasteiger partial charge in [-0.15, -0.1) is 0 Å². The largest absolute Gasteiger partial charge is 0.463 e. The van der Waals surface area contributed by atoms with Gasteiger partial charge in [-0.05, 0) is 87.9 Å². The molecule has 0 aromatic heterocycles. The molecule has 192 valence electrons. The number of rotatable bonds is 6. The average Bonchev–Trinajstić information content (AvgIpc) is 2.70. The van der Waals surface area contributed by atoms with Crippen molar-refractivity contribution in [2.75, 3.05) is 6.61 Å². The monoisotopic (exact) mass is 472 g/mol. The molecule has 2 atom stereocenters. The van der Waals surface area contributed by atoms with Gasteiger partial charge in [-0.25, -0.2) is 4.79 Å². The zero-order chi connectivity index (χ0) is 26.2. The predicted molar refractivity (Wildman–Crippen MR) is 141 cm³/mol. The summed E-state index contributed by atoms with van der Waals surface area (Å²) in [5.74, 6) is -0.219. The van der Waals surface area contributed by atoms with Gasteiger partial charge in [0, 0.05) is 11.5 Å². The standard InChI is InChI=1S/C17H26O2.C13H22O2/c1-6-19-16(18)12-13(2)9-10-15-14(3)8-7-11-17(15,4)5;1-10(14)7-9-13(4)11(15)6-5-8-12(13,2)3/h9-10,12H,6-8,11H2,1-5H3;7,9,11,15H,5-6,8H2,1-4H3/b10-9+,13-12+;9-7+. The van der Waals surface area contributed by atoms with E-state index in [9.17, 15) is 14.7 Å². The number of carbonyl (C=O) groups is 2. The fourth-order valence-electron chi connectivity index (χ4n) is 5.03. The van der Waals surface area contributed by atoms with Gasteiger partial charge in [-0.1, -0.05) is 64.8 Å². The van der Waals surface area contributed by atoms with Gasteiger partial charge in [-0.2, -0.15) is 0 Å². The van der Waals surface area contributed by atoms with Crippen LogP contribution in [0.3, 0.4) is 0 Å². The second-order valence-corrected chi connectivity index (χ2v) is 11.4. The minimum Gasteiger partial charge on any atom is -0.463 e. The minimum atomic E-state index is -0.336. The van der Waals surface area contributed by atoms with Crippen LogP contribution in [0.5, 0.6) is 0 Å². The van der Waals surface area contributed by atoms with Crippen LogP contribution in [-0.2, 0) is 14.3 Å². The van der Waals surface area contributed by atoms with E-state index in [0.717, 1.165) is 24.8 Å². The van der Waals surface area contributed by atoms with Crippen molar-refractivity contribution in [1.29, 1.82) is 0 Å². The smallest absolute Gasteiger partial charge is 0.330 e. The molecule has 0 aliphatic heterocycles. The number of carbonyl (C=O) groups excluding carboxylic acids is 2. The molecule has 0 aromatic rings. The molecule has 1 fully saturated rings. The lowest BCUT2D eigenvalue weighted by molar-refractivity contribution is -0.137. The summed E-state index contributed by atoms with van der Waals surface area (Å²) in [7, 11) is 0. The van der Waals surface area contributed by atoms with Gasteiger partial charge in [0.15, 0.2) is 5.78 Å². The van der Waals surface area contributed by atoms with E-state index in [1.54, 1.807) is 19.1 Å². The molecule has 0 amide bonds. The van der Waals surface area contributed by atoms with Crippen LogP contribution in [0, 0.1) is 16.2 Å². The van der Waals surface area contributed by atoms with Crippen molar-refractivity contribution in [2.24, 2.45) is 16.2 Å². The molecule has 2 unspecified atom stereocenters. The van der Waals surface area contributed by atoms with Gasteiger partial charge in [0.05, 0.1) is 12.7 Å². The maximum absolute atomic E-state index is 11.4. The third kappa shape index (κ3) is 8.37. The number of aliphatic hydroxyl groups excluding tert-OH is 1. The number of ether oxygens (including phenoxy) is 1. The third-order valence-electron chi connectivity index (χ3n) is 7.78. The molecule has 4 nitrogen and oxygen atoms in total. The summed E-state index contributed by atoms with van der Waals surface area (Å²) in [6.45, 7) is 18.9. The quantitative estimate of drug-likeness (QED) is 0.250. The predicted octanol–water partition coefficient (Wildman–Crippen LogP) is 7.29. The highest BCUT2D eigenvalue weighted by atomic mass is 16.5. The van der Waals surface area contributed by atoms with Crippen molar-refractivity contribution in [2.45, 2.75) is 107 Å². The Labute approximate surface area is 208 Å². The van der Waals surface area contributed by atoms with E-state index in [-0.39, 0.29) is 34.1 Å². The van der Waals surface area contributed by atoms with E-state index in [4.69, 9.17) is 4.74 Å². The Bertz CT molecular complexity index is 838. The average molecular weight is 473 g/mol. The van der Waals surface area contributed by atoms with Gasteiger partial charge in [0.25, 0.3) is 0 Å². The van der Waals surface area contributed by atoms with E-state index in [1.165, 1.54) is 30.4 Å². The summed E-state index contributed by atoms with van der Waals surface area (Å²) in [6, 6.07) is 0. The lowest BCUT2D eigenvalue weighted by Crippen LogP contribution is -2.46. The van der Waals surface area contributed by atoms with Gasteiger partial charge in [-0.3, -0.25) is 4.79 Å². The van der Waals surface area contributed by atoms with Crippen molar-refractivity contribution in [3.63, 3.8) is 0 Å². The Kier molecular flexibility index (Phi) is 11.2. The first-order valence-corrected chi connectivity index (χ1v) is 12.8. The Morgan fingerprint density at radius 2 is 1.71 bits per heavy atom. The molecule has 0 bridgehead atoms. The van der Waals surface area contributed by atoms with Crippen molar-refractivity contribution in [1.82, 2.24) is 0 Å². The van der Waals surface area contributed by atoms with Crippen LogP contribution in [-0.4, -0.2) is 29.6 Å². The first-order valence-electron chi connectivity index (χ1n) is 12.8. The molecule has 1 N–H and O–H groups in total. The molecule has 2 aliphatic carbocycles. The number of ketones is 1. The second-order valence-electron chi connectivity index (χ2n) is 11.4. The van der Waals surface area contributed by atoms with Crippen molar-refractivity contribution >= 4 is 11.8 Å². The molecule has 0 heterocycles. The Hall–Kier alpha value is -1.94. The Morgan fingerprint density at radius 1 is 1.06 bits per heavy atom. The lowest BCUT2D eigenvalue weighted by Gasteiger charge is -2.49.